The summed E-state index contributed by atoms with van der Waals surface area (Å²) in [6.45, 7) is 4.11. The Morgan fingerprint density at radius 2 is 1.81 bits per heavy atom. The van der Waals surface area contributed by atoms with Crippen molar-refractivity contribution in [3.05, 3.63) is 65.7 Å². The normalized spacial score (nSPS) is 16.8. The van der Waals surface area contributed by atoms with Crippen LogP contribution in [0.5, 0.6) is 5.75 Å². The molecule has 1 saturated heterocycles. The van der Waals surface area contributed by atoms with Gasteiger partial charge in [-0.3, -0.25) is 9.59 Å². The Morgan fingerprint density at radius 1 is 1.07 bits per heavy atom. The van der Waals surface area contributed by atoms with Gasteiger partial charge in [-0.2, -0.15) is 0 Å². The van der Waals surface area contributed by atoms with Gasteiger partial charge in [0.05, 0.1) is 19.8 Å². The maximum absolute atomic E-state index is 12.5. The van der Waals surface area contributed by atoms with E-state index in [1.165, 1.54) is 0 Å². The largest absolute Gasteiger partial charge is 0.494 e. The highest BCUT2D eigenvalue weighted by molar-refractivity contribution is 5.98. The molecule has 0 bridgehead atoms. The second-order valence-corrected chi connectivity index (χ2v) is 6.49. The molecular formula is C22H25NO4. The minimum atomic E-state index is -0.106. The molecule has 2 aromatic rings. The number of ether oxygens (including phenoxy) is 2. The summed E-state index contributed by atoms with van der Waals surface area (Å²) in [4.78, 5) is 26.7. The van der Waals surface area contributed by atoms with Crippen molar-refractivity contribution in [2.24, 2.45) is 0 Å². The van der Waals surface area contributed by atoms with Gasteiger partial charge >= 0.3 is 0 Å². The molecule has 1 aliphatic heterocycles. The third-order valence-corrected chi connectivity index (χ3v) is 4.64. The first kappa shape index (κ1) is 19.1. The molecule has 3 rings (SSSR count). The lowest BCUT2D eigenvalue weighted by Crippen LogP contribution is -2.42. The highest BCUT2D eigenvalue weighted by atomic mass is 16.5. The number of carbonyl (C=O) groups is 2. The van der Waals surface area contributed by atoms with Crippen molar-refractivity contribution in [3.63, 3.8) is 0 Å². The molecular weight excluding hydrogens is 342 g/mol. The maximum Gasteiger partial charge on any atom is 0.223 e. The van der Waals surface area contributed by atoms with Crippen molar-refractivity contribution in [1.82, 2.24) is 4.90 Å². The van der Waals surface area contributed by atoms with Crippen LogP contribution in [0.1, 0.15) is 41.8 Å². The number of hydrogen-bond acceptors (Lipinski definition) is 4. The molecule has 0 saturated carbocycles. The molecule has 1 fully saturated rings. The van der Waals surface area contributed by atoms with Crippen molar-refractivity contribution in [3.8, 4) is 5.75 Å². The van der Waals surface area contributed by atoms with Crippen LogP contribution in [0, 0.1) is 0 Å². The Balaban J connectivity index is 1.51. The molecule has 0 N–H and O–H groups in total. The average Bonchev–Trinajstić information content (AvgIpc) is 2.73. The van der Waals surface area contributed by atoms with Gasteiger partial charge in [-0.15, -0.1) is 0 Å². The van der Waals surface area contributed by atoms with Gasteiger partial charge in [0.15, 0.2) is 5.78 Å². The lowest BCUT2D eigenvalue weighted by Gasteiger charge is -2.33. The van der Waals surface area contributed by atoms with Crippen molar-refractivity contribution in [1.29, 1.82) is 0 Å². The summed E-state index contributed by atoms with van der Waals surface area (Å²) < 4.78 is 11.2. The molecule has 27 heavy (non-hydrogen) atoms. The fraction of sp³-hybridized carbons (Fsp3) is 0.364. The standard InChI is InChI=1S/C22H25NO4/c1-2-26-19-10-8-17(9-11-19)20(24)12-13-22(25)23-14-15-27-21(16-23)18-6-4-3-5-7-18/h3-11,21H,2,12-16H2,1H3. The third-order valence-electron chi connectivity index (χ3n) is 4.64. The quantitative estimate of drug-likeness (QED) is 0.701. The molecule has 0 aliphatic carbocycles. The fourth-order valence-electron chi connectivity index (χ4n) is 3.17. The Hall–Kier alpha value is -2.66. The van der Waals surface area contributed by atoms with Crippen LogP contribution in [-0.4, -0.2) is 42.9 Å². The topological polar surface area (TPSA) is 55.8 Å². The number of Topliss-reactive ketones (excluding diaryl/α,β-unsaturated/α-hetero) is 1. The van der Waals surface area contributed by atoms with E-state index in [-0.39, 0.29) is 30.6 Å². The molecule has 0 spiro atoms. The van der Waals surface area contributed by atoms with E-state index in [0.717, 1.165) is 11.3 Å². The van der Waals surface area contributed by atoms with E-state index in [2.05, 4.69) is 0 Å². The summed E-state index contributed by atoms with van der Waals surface area (Å²) in [6, 6.07) is 17.0. The molecule has 0 radical (unpaired) electrons. The smallest absolute Gasteiger partial charge is 0.223 e. The molecule has 5 nitrogen and oxygen atoms in total. The summed E-state index contributed by atoms with van der Waals surface area (Å²) in [7, 11) is 0. The van der Waals surface area contributed by atoms with E-state index in [1.807, 2.05) is 37.3 Å². The van der Waals surface area contributed by atoms with Crippen LogP contribution >= 0.6 is 0 Å². The maximum atomic E-state index is 12.5. The zero-order valence-corrected chi connectivity index (χ0v) is 15.6. The van der Waals surface area contributed by atoms with E-state index in [4.69, 9.17) is 9.47 Å². The van der Waals surface area contributed by atoms with E-state index in [9.17, 15) is 9.59 Å². The Kier molecular flexibility index (Phi) is 6.60. The lowest BCUT2D eigenvalue weighted by molar-refractivity contribution is -0.139. The summed E-state index contributed by atoms with van der Waals surface area (Å²) >= 11 is 0. The molecule has 1 atom stereocenters. The Bertz CT molecular complexity index is 758. The van der Waals surface area contributed by atoms with Crippen LogP contribution in [0.25, 0.3) is 0 Å². The van der Waals surface area contributed by atoms with Crippen molar-refractivity contribution < 1.29 is 19.1 Å². The number of benzene rings is 2. The van der Waals surface area contributed by atoms with Gasteiger partial charge in [-0.25, -0.2) is 0 Å². The van der Waals surface area contributed by atoms with Crippen LogP contribution < -0.4 is 4.74 Å². The summed E-state index contributed by atoms with van der Waals surface area (Å²) in [6.07, 6.45) is 0.319. The van der Waals surface area contributed by atoms with Gasteiger partial charge in [0.25, 0.3) is 0 Å². The number of ketones is 1. The highest BCUT2D eigenvalue weighted by Gasteiger charge is 2.25. The molecule has 1 unspecified atom stereocenters. The molecule has 1 amide bonds. The SMILES string of the molecule is CCOc1ccc(C(=O)CCC(=O)N2CCOC(c3ccccc3)C2)cc1. The molecule has 5 heteroatoms. The molecule has 1 aliphatic rings. The van der Waals surface area contributed by atoms with E-state index in [0.29, 0.717) is 31.9 Å². The first-order valence-electron chi connectivity index (χ1n) is 9.37. The van der Waals surface area contributed by atoms with E-state index >= 15 is 0 Å². The lowest BCUT2D eigenvalue weighted by atomic mass is 10.0. The average molecular weight is 367 g/mol. The zero-order chi connectivity index (χ0) is 19.1. The van der Waals surface area contributed by atoms with Crippen LogP contribution in [-0.2, 0) is 9.53 Å². The number of amides is 1. The van der Waals surface area contributed by atoms with E-state index in [1.54, 1.807) is 29.2 Å². The number of nitrogens with zero attached hydrogens (tertiary/aromatic N) is 1. The van der Waals surface area contributed by atoms with Crippen LogP contribution in [0.4, 0.5) is 0 Å². The van der Waals surface area contributed by atoms with Crippen molar-refractivity contribution >= 4 is 11.7 Å². The van der Waals surface area contributed by atoms with Gasteiger partial charge in [0.2, 0.25) is 5.91 Å². The molecule has 0 aromatic heterocycles. The predicted molar refractivity (Wildman–Crippen MR) is 103 cm³/mol. The number of carbonyl (C=O) groups excluding carboxylic acids is 2. The summed E-state index contributed by atoms with van der Waals surface area (Å²) in [5.41, 5.74) is 1.68. The van der Waals surface area contributed by atoms with Crippen LogP contribution in [0.2, 0.25) is 0 Å². The molecule has 1 heterocycles. The van der Waals surface area contributed by atoms with Gasteiger partial charge in [-0.05, 0) is 36.8 Å². The minimum absolute atomic E-state index is 0.00137. The predicted octanol–water partition coefficient (Wildman–Crippen LogP) is 3.65. The number of morpholine rings is 1. The van der Waals surface area contributed by atoms with E-state index < -0.39 is 0 Å². The summed E-state index contributed by atoms with van der Waals surface area (Å²) in [5, 5.41) is 0. The van der Waals surface area contributed by atoms with Gasteiger partial charge < -0.3 is 14.4 Å². The minimum Gasteiger partial charge on any atom is -0.494 e. The zero-order valence-electron chi connectivity index (χ0n) is 15.6. The van der Waals surface area contributed by atoms with Crippen molar-refractivity contribution in [2.45, 2.75) is 25.9 Å². The van der Waals surface area contributed by atoms with Gasteiger partial charge in [0.1, 0.15) is 11.9 Å². The van der Waals surface area contributed by atoms with Crippen LogP contribution in [0.3, 0.4) is 0 Å². The van der Waals surface area contributed by atoms with Gasteiger partial charge in [0, 0.05) is 24.9 Å². The Morgan fingerprint density at radius 3 is 2.52 bits per heavy atom. The fourth-order valence-corrected chi connectivity index (χ4v) is 3.17. The first-order valence-corrected chi connectivity index (χ1v) is 9.37. The van der Waals surface area contributed by atoms with Crippen LogP contribution in [0.15, 0.2) is 54.6 Å². The highest BCUT2D eigenvalue weighted by Crippen LogP contribution is 2.22. The molecule has 142 valence electrons. The second-order valence-electron chi connectivity index (χ2n) is 6.49. The summed E-state index contributed by atoms with van der Waals surface area (Å²) in [5.74, 6) is 0.711. The van der Waals surface area contributed by atoms with Gasteiger partial charge in [-0.1, -0.05) is 30.3 Å². The third kappa shape index (κ3) is 5.17. The monoisotopic (exact) mass is 367 g/mol. The molecule has 2 aromatic carbocycles. The number of rotatable bonds is 7. The number of hydrogen-bond donors (Lipinski definition) is 0. The van der Waals surface area contributed by atoms with Crippen molar-refractivity contribution in [2.75, 3.05) is 26.3 Å². The first-order chi connectivity index (χ1) is 13.2. The Labute approximate surface area is 159 Å². The second kappa shape index (κ2) is 9.33.